The Morgan fingerprint density at radius 2 is 1.93 bits per heavy atom. The minimum atomic E-state index is 0.477. The van der Waals surface area contributed by atoms with Gasteiger partial charge in [0.1, 0.15) is 0 Å². The molecule has 0 spiro atoms. The molecule has 0 saturated heterocycles. The zero-order valence-electron chi connectivity index (χ0n) is 8.83. The standard InChI is InChI=1S/C12H18BrN/c1-9(2)7-10(8-14)11-5-3-4-6-12(11)13/h3-6,9-10H,7-8,14H2,1-2H3. The molecule has 1 aromatic carbocycles. The quantitative estimate of drug-likeness (QED) is 0.876. The topological polar surface area (TPSA) is 26.0 Å². The summed E-state index contributed by atoms with van der Waals surface area (Å²) in [5, 5.41) is 0. The number of nitrogens with two attached hydrogens (primary N) is 1. The molecule has 0 aromatic heterocycles. The Bertz CT molecular complexity index is 283. The number of hydrogen-bond donors (Lipinski definition) is 1. The maximum atomic E-state index is 5.80. The van der Waals surface area contributed by atoms with Gasteiger partial charge in [-0.2, -0.15) is 0 Å². The van der Waals surface area contributed by atoms with Gasteiger partial charge in [0.2, 0.25) is 0 Å². The molecular weight excluding hydrogens is 238 g/mol. The predicted molar refractivity (Wildman–Crippen MR) is 65.4 cm³/mol. The third-order valence-electron chi connectivity index (χ3n) is 2.39. The molecule has 1 rings (SSSR count). The van der Waals surface area contributed by atoms with Gasteiger partial charge in [-0.3, -0.25) is 0 Å². The Morgan fingerprint density at radius 1 is 1.29 bits per heavy atom. The van der Waals surface area contributed by atoms with Crippen LogP contribution in [-0.2, 0) is 0 Å². The van der Waals surface area contributed by atoms with E-state index < -0.39 is 0 Å². The minimum absolute atomic E-state index is 0.477. The first-order valence-corrected chi connectivity index (χ1v) is 5.89. The molecule has 0 aliphatic rings. The van der Waals surface area contributed by atoms with E-state index in [1.165, 1.54) is 10.0 Å². The van der Waals surface area contributed by atoms with E-state index in [-0.39, 0.29) is 0 Å². The highest BCUT2D eigenvalue weighted by molar-refractivity contribution is 9.10. The Balaban J connectivity index is 2.83. The minimum Gasteiger partial charge on any atom is -0.330 e. The van der Waals surface area contributed by atoms with Gasteiger partial charge in [-0.05, 0) is 36.4 Å². The van der Waals surface area contributed by atoms with Crippen LogP contribution in [0.3, 0.4) is 0 Å². The summed E-state index contributed by atoms with van der Waals surface area (Å²) < 4.78 is 1.18. The Morgan fingerprint density at radius 3 is 2.43 bits per heavy atom. The van der Waals surface area contributed by atoms with Gasteiger partial charge in [-0.25, -0.2) is 0 Å². The average molecular weight is 256 g/mol. The average Bonchev–Trinajstić information content (AvgIpc) is 2.15. The molecule has 1 atom stereocenters. The summed E-state index contributed by atoms with van der Waals surface area (Å²) in [5.74, 6) is 1.17. The van der Waals surface area contributed by atoms with Gasteiger partial charge >= 0.3 is 0 Å². The van der Waals surface area contributed by atoms with E-state index in [0.717, 1.165) is 13.0 Å². The lowest BCUT2D eigenvalue weighted by molar-refractivity contribution is 0.503. The summed E-state index contributed by atoms with van der Waals surface area (Å²) in [5.41, 5.74) is 7.14. The molecule has 1 aromatic rings. The lowest BCUT2D eigenvalue weighted by Gasteiger charge is -2.18. The Labute approximate surface area is 94.8 Å². The first kappa shape index (κ1) is 11.7. The van der Waals surface area contributed by atoms with Crippen LogP contribution in [0.5, 0.6) is 0 Å². The highest BCUT2D eigenvalue weighted by Gasteiger charge is 2.13. The fourth-order valence-electron chi connectivity index (χ4n) is 1.73. The smallest absolute Gasteiger partial charge is 0.0210 e. The summed E-state index contributed by atoms with van der Waals surface area (Å²) in [6.45, 7) is 5.19. The van der Waals surface area contributed by atoms with Gasteiger partial charge in [0, 0.05) is 4.47 Å². The van der Waals surface area contributed by atoms with Crippen molar-refractivity contribution < 1.29 is 0 Å². The van der Waals surface area contributed by atoms with Crippen molar-refractivity contribution in [3.05, 3.63) is 34.3 Å². The lowest BCUT2D eigenvalue weighted by Crippen LogP contribution is -2.15. The SMILES string of the molecule is CC(C)CC(CN)c1ccccc1Br. The van der Waals surface area contributed by atoms with Crippen LogP contribution in [0.4, 0.5) is 0 Å². The van der Waals surface area contributed by atoms with Crippen molar-refractivity contribution >= 4 is 15.9 Å². The summed E-state index contributed by atoms with van der Waals surface area (Å²) in [7, 11) is 0. The Hall–Kier alpha value is -0.340. The van der Waals surface area contributed by atoms with Crippen LogP contribution >= 0.6 is 15.9 Å². The molecular formula is C12H18BrN. The molecule has 0 aliphatic heterocycles. The van der Waals surface area contributed by atoms with Crippen molar-refractivity contribution in [3.8, 4) is 0 Å². The van der Waals surface area contributed by atoms with Crippen LogP contribution in [0, 0.1) is 5.92 Å². The molecule has 0 amide bonds. The molecule has 0 bridgehead atoms. The lowest BCUT2D eigenvalue weighted by atomic mass is 9.90. The number of rotatable bonds is 4. The highest BCUT2D eigenvalue weighted by atomic mass is 79.9. The van der Waals surface area contributed by atoms with Crippen molar-refractivity contribution in [3.63, 3.8) is 0 Å². The van der Waals surface area contributed by atoms with Crippen LogP contribution in [0.25, 0.3) is 0 Å². The maximum Gasteiger partial charge on any atom is 0.0210 e. The second kappa shape index (κ2) is 5.52. The van der Waals surface area contributed by atoms with Crippen molar-refractivity contribution in [1.29, 1.82) is 0 Å². The summed E-state index contributed by atoms with van der Waals surface area (Å²) in [6, 6.07) is 8.35. The maximum absolute atomic E-state index is 5.80. The van der Waals surface area contributed by atoms with Crippen LogP contribution in [0.1, 0.15) is 31.7 Å². The monoisotopic (exact) mass is 255 g/mol. The summed E-state index contributed by atoms with van der Waals surface area (Å²) in [6.07, 6.45) is 1.15. The zero-order chi connectivity index (χ0) is 10.6. The predicted octanol–water partition coefficient (Wildman–Crippen LogP) is 3.54. The molecule has 2 heteroatoms. The zero-order valence-corrected chi connectivity index (χ0v) is 10.4. The van der Waals surface area contributed by atoms with Gasteiger partial charge in [0.15, 0.2) is 0 Å². The van der Waals surface area contributed by atoms with Crippen LogP contribution in [-0.4, -0.2) is 6.54 Å². The van der Waals surface area contributed by atoms with Crippen LogP contribution in [0.15, 0.2) is 28.7 Å². The molecule has 1 unspecified atom stereocenters. The fraction of sp³-hybridized carbons (Fsp3) is 0.500. The van der Waals surface area contributed by atoms with Crippen molar-refractivity contribution in [2.45, 2.75) is 26.2 Å². The van der Waals surface area contributed by atoms with Gasteiger partial charge in [0.25, 0.3) is 0 Å². The second-order valence-electron chi connectivity index (χ2n) is 4.08. The molecule has 0 aliphatic carbocycles. The highest BCUT2D eigenvalue weighted by Crippen LogP contribution is 2.28. The molecule has 0 saturated carbocycles. The van der Waals surface area contributed by atoms with E-state index in [0.29, 0.717) is 11.8 Å². The molecule has 2 N–H and O–H groups in total. The Kier molecular flexibility index (Phi) is 4.63. The molecule has 78 valence electrons. The first-order valence-electron chi connectivity index (χ1n) is 5.09. The van der Waals surface area contributed by atoms with Crippen LogP contribution < -0.4 is 5.73 Å². The van der Waals surface area contributed by atoms with E-state index in [1.807, 2.05) is 6.07 Å². The third kappa shape index (κ3) is 3.10. The number of benzene rings is 1. The van der Waals surface area contributed by atoms with E-state index in [2.05, 4.69) is 48.0 Å². The molecule has 14 heavy (non-hydrogen) atoms. The largest absolute Gasteiger partial charge is 0.330 e. The summed E-state index contributed by atoms with van der Waals surface area (Å²) in [4.78, 5) is 0. The molecule has 0 radical (unpaired) electrons. The van der Waals surface area contributed by atoms with Gasteiger partial charge in [-0.15, -0.1) is 0 Å². The molecule has 0 fully saturated rings. The molecule has 0 heterocycles. The van der Waals surface area contributed by atoms with Gasteiger partial charge < -0.3 is 5.73 Å². The van der Waals surface area contributed by atoms with Crippen LogP contribution in [0.2, 0.25) is 0 Å². The third-order valence-corrected chi connectivity index (χ3v) is 3.11. The van der Waals surface area contributed by atoms with Crippen molar-refractivity contribution in [1.82, 2.24) is 0 Å². The molecule has 1 nitrogen and oxygen atoms in total. The second-order valence-corrected chi connectivity index (χ2v) is 4.94. The number of halogens is 1. The van der Waals surface area contributed by atoms with Crippen molar-refractivity contribution in [2.75, 3.05) is 6.54 Å². The van der Waals surface area contributed by atoms with E-state index >= 15 is 0 Å². The number of hydrogen-bond acceptors (Lipinski definition) is 1. The fourth-order valence-corrected chi connectivity index (χ4v) is 2.33. The van der Waals surface area contributed by atoms with Crippen molar-refractivity contribution in [2.24, 2.45) is 11.7 Å². The van der Waals surface area contributed by atoms with Gasteiger partial charge in [-0.1, -0.05) is 48.0 Å². The van der Waals surface area contributed by atoms with Gasteiger partial charge in [0.05, 0.1) is 0 Å². The first-order chi connectivity index (χ1) is 6.65. The van der Waals surface area contributed by atoms with E-state index in [1.54, 1.807) is 0 Å². The summed E-state index contributed by atoms with van der Waals surface area (Å²) >= 11 is 3.57. The van der Waals surface area contributed by atoms with E-state index in [9.17, 15) is 0 Å². The van der Waals surface area contributed by atoms with E-state index in [4.69, 9.17) is 5.73 Å². The normalized spacial score (nSPS) is 13.2.